The largest absolute Gasteiger partial charge is 0.452 e. The molecule has 1 aromatic carbocycles. The zero-order valence-electron chi connectivity index (χ0n) is 15.6. The molecule has 142 valence electrons. The van der Waals surface area contributed by atoms with E-state index in [0.29, 0.717) is 18.0 Å². The number of methoxy groups -OCH3 is 1. The van der Waals surface area contributed by atoms with E-state index in [9.17, 15) is 4.79 Å². The number of aryl methyl sites for hydroxylation is 1. The highest BCUT2D eigenvalue weighted by atomic mass is 32.1. The molecule has 1 amide bonds. The van der Waals surface area contributed by atoms with E-state index in [1.807, 2.05) is 19.1 Å². The number of nitrogens with zero attached hydrogens (tertiary/aromatic N) is 3. The maximum Gasteiger partial charge on any atom is 0.415 e. The Morgan fingerprint density at radius 2 is 2.22 bits per heavy atom. The van der Waals surface area contributed by atoms with Gasteiger partial charge in [-0.3, -0.25) is 4.90 Å². The summed E-state index contributed by atoms with van der Waals surface area (Å²) in [5, 5.41) is 10.9. The van der Waals surface area contributed by atoms with Crippen LogP contribution in [0.2, 0.25) is 0 Å². The maximum atomic E-state index is 12.4. The molecule has 3 rings (SSSR count). The van der Waals surface area contributed by atoms with Crippen molar-refractivity contribution >= 4 is 22.4 Å². The van der Waals surface area contributed by atoms with E-state index in [1.54, 1.807) is 28.4 Å². The van der Waals surface area contributed by atoms with Crippen molar-refractivity contribution in [2.24, 2.45) is 5.92 Å². The number of carbonyl (C=O) groups excluding carboxylic acids is 1. The van der Waals surface area contributed by atoms with Crippen molar-refractivity contribution in [1.82, 2.24) is 4.98 Å². The Kier molecular flexibility index (Phi) is 6.43. The summed E-state index contributed by atoms with van der Waals surface area (Å²) in [6.45, 7) is 3.87. The first-order valence-electron chi connectivity index (χ1n) is 8.99. The maximum absolute atomic E-state index is 12.4. The Hall–Kier alpha value is -2.43. The topological polar surface area (TPSA) is 75.5 Å². The lowest BCUT2D eigenvalue weighted by atomic mass is 9.97. The monoisotopic (exact) mass is 385 g/mol. The van der Waals surface area contributed by atoms with Gasteiger partial charge in [-0.05, 0) is 43.4 Å². The molecule has 7 heteroatoms. The molecule has 0 N–H and O–H groups in total. The van der Waals surface area contributed by atoms with E-state index in [2.05, 4.69) is 6.07 Å². The van der Waals surface area contributed by atoms with Crippen molar-refractivity contribution < 1.29 is 14.3 Å². The zero-order valence-corrected chi connectivity index (χ0v) is 16.4. The SMILES string of the molecule is COC(=O)N(Cc1cccc(C#N)c1)c1sc(CC2CCOCC2)nc1C. The van der Waals surface area contributed by atoms with E-state index in [-0.39, 0.29) is 0 Å². The number of anilines is 1. The fraction of sp³-hybridized carbons (Fsp3) is 0.450. The molecule has 1 saturated heterocycles. The Labute approximate surface area is 163 Å². The molecule has 0 atom stereocenters. The first-order valence-corrected chi connectivity index (χ1v) is 9.81. The molecule has 0 aliphatic carbocycles. The summed E-state index contributed by atoms with van der Waals surface area (Å²) >= 11 is 1.54. The van der Waals surface area contributed by atoms with E-state index < -0.39 is 6.09 Å². The second-order valence-electron chi connectivity index (χ2n) is 6.63. The predicted molar refractivity (Wildman–Crippen MR) is 104 cm³/mol. The van der Waals surface area contributed by atoms with Crippen molar-refractivity contribution in [3.05, 3.63) is 46.1 Å². The first-order chi connectivity index (χ1) is 13.1. The summed E-state index contributed by atoms with van der Waals surface area (Å²) in [5.74, 6) is 0.580. The Balaban J connectivity index is 1.82. The van der Waals surface area contributed by atoms with E-state index in [4.69, 9.17) is 19.7 Å². The fourth-order valence-corrected chi connectivity index (χ4v) is 4.40. The molecule has 6 nitrogen and oxygen atoms in total. The molecule has 0 bridgehead atoms. The number of hydrogen-bond acceptors (Lipinski definition) is 6. The van der Waals surface area contributed by atoms with Crippen molar-refractivity contribution in [3.63, 3.8) is 0 Å². The third-order valence-corrected chi connectivity index (χ3v) is 5.86. The molecule has 1 aliphatic heterocycles. The van der Waals surface area contributed by atoms with E-state index in [1.165, 1.54) is 7.11 Å². The van der Waals surface area contributed by atoms with Crippen LogP contribution in [-0.2, 0) is 22.4 Å². The van der Waals surface area contributed by atoms with Crippen LogP contribution in [0.15, 0.2) is 24.3 Å². The molecule has 27 heavy (non-hydrogen) atoms. The number of ether oxygens (including phenoxy) is 2. The minimum Gasteiger partial charge on any atom is -0.452 e. The summed E-state index contributed by atoms with van der Waals surface area (Å²) in [4.78, 5) is 18.7. The van der Waals surface area contributed by atoms with Crippen LogP contribution < -0.4 is 4.90 Å². The minimum atomic E-state index is -0.429. The third kappa shape index (κ3) is 4.85. The zero-order chi connectivity index (χ0) is 19.2. The quantitative estimate of drug-likeness (QED) is 0.776. The number of benzene rings is 1. The highest BCUT2D eigenvalue weighted by molar-refractivity contribution is 7.16. The summed E-state index contributed by atoms with van der Waals surface area (Å²) in [6, 6.07) is 9.38. The van der Waals surface area contributed by atoms with Gasteiger partial charge in [-0.2, -0.15) is 5.26 Å². The van der Waals surface area contributed by atoms with Gasteiger partial charge in [0, 0.05) is 19.6 Å². The number of amides is 1. The summed E-state index contributed by atoms with van der Waals surface area (Å²) < 4.78 is 10.4. The summed E-state index contributed by atoms with van der Waals surface area (Å²) in [5.41, 5.74) is 2.26. The van der Waals surface area contributed by atoms with Crippen LogP contribution in [0.4, 0.5) is 9.80 Å². The molecule has 0 radical (unpaired) electrons. The standard InChI is InChI=1S/C20H23N3O3S/c1-14-19(27-18(22-14)11-15-6-8-26-9-7-15)23(20(24)25-2)13-17-5-3-4-16(10-17)12-21/h3-5,10,15H,6-9,11,13H2,1-2H3. The van der Waals surface area contributed by atoms with Gasteiger partial charge in [-0.1, -0.05) is 12.1 Å². The summed E-state index contributed by atoms with van der Waals surface area (Å²) in [7, 11) is 1.38. The van der Waals surface area contributed by atoms with Gasteiger partial charge in [0.05, 0.1) is 36.0 Å². The van der Waals surface area contributed by atoms with Gasteiger partial charge in [0.25, 0.3) is 0 Å². The minimum absolute atomic E-state index is 0.335. The van der Waals surface area contributed by atoms with Crippen LogP contribution in [0.25, 0.3) is 0 Å². The number of rotatable bonds is 5. The van der Waals surface area contributed by atoms with Crippen LogP contribution >= 0.6 is 11.3 Å². The van der Waals surface area contributed by atoms with Crippen LogP contribution in [0.3, 0.4) is 0 Å². The predicted octanol–water partition coefficient (Wildman–Crippen LogP) is 4.07. The Morgan fingerprint density at radius 1 is 1.44 bits per heavy atom. The molecule has 1 aliphatic rings. The second-order valence-corrected chi connectivity index (χ2v) is 7.69. The van der Waals surface area contributed by atoms with E-state index in [0.717, 1.165) is 53.7 Å². The van der Waals surface area contributed by atoms with Gasteiger partial charge in [0.15, 0.2) is 0 Å². The van der Waals surface area contributed by atoms with Gasteiger partial charge >= 0.3 is 6.09 Å². The van der Waals surface area contributed by atoms with Crippen LogP contribution in [0.1, 0.15) is 34.7 Å². The third-order valence-electron chi connectivity index (χ3n) is 4.66. The molecule has 0 unspecified atom stereocenters. The lowest BCUT2D eigenvalue weighted by Gasteiger charge is -2.21. The molecular weight excluding hydrogens is 362 g/mol. The van der Waals surface area contributed by atoms with Crippen molar-refractivity contribution in [2.75, 3.05) is 25.2 Å². The van der Waals surface area contributed by atoms with Crippen molar-refractivity contribution in [1.29, 1.82) is 5.26 Å². The van der Waals surface area contributed by atoms with Gasteiger partial charge in [0.2, 0.25) is 0 Å². The van der Waals surface area contributed by atoms with Crippen molar-refractivity contribution in [3.8, 4) is 6.07 Å². The van der Waals surface area contributed by atoms with Gasteiger partial charge in [-0.25, -0.2) is 9.78 Å². The highest BCUT2D eigenvalue weighted by Crippen LogP contribution is 2.32. The molecule has 2 heterocycles. The van der Waals surface area contributed by atoms with Crippen LogP contribution in [0.5, 0.6) is 0 Å². The van der Waals surface area contributed by atoms with Gasteiger partial charge < -0.3 is 9.47 Å². The molecule has 0 spiro atoms. The van der Waals surface area contributed by atoms with Gasteiger partial charge in [-0.15, -0.1) is 11.3 Å². The smallest absolute Gasteiger partial charge is 0.415 e. The first kappa shape index (κ1) is 19.3. The number of aromatic nitrogens is 1. The number of carbonyl (C=O) groups is 1. The normalized spacial score (nSPS) is 14.6. The second kappa shape index (κ2) is 8.98. The van der Waals surface area contributed by atoms with Gasteiger partial charge in [0.1, 0.15) is 5.00 Å². The number of nitriles is 1. The lowest BCUT2D eigenvalue weighted by Crippen LogP contribution is -2.30. The highest BCUT2D eigenvalue weighted by Gasteiger charge is 2.24. The van der Waals surface area contributed by atoms with E-state index >= 15 is 0 Å². The Bertz CT molecular complexity index is 837. The molecule has 0 saturated carbocycles. The average molecular weight is 385 g/mol. The molecule has 1 fully saturated rings. The average Bonchev–Trinajstić information content (AvgIpc) is 3.06. The van der Waals surface area contributed by atoms with Crippen molar-refractivity contribution in [2.45, 2.75) is 32.7 Å². The molecule has 1 aromatic heterocycles. The number of thiazole rings is 1. The Morgan fingerprint density at radius 3 is 2.93 bits per heavy atom. The van der Waals surface area contributed by atoms with Crippen LogP contribution in [0, 0.1) is 24.2 Å². The fourth-order valence-electron chi connectivity index (χ4n) is 3.23. The summed E-state index contributed by atoms with van der Waals surface area (Å²) in [6.07, 6.45) is 2.58. The van der Waals surface area contributed by atoms with Crippen LogP contribution in [-0.4, -0.2) is 31.4 Å². The molecular formula is C20H23N3O3S. The molecule has 2 aromatic rings. The number of hydrogen-bond donors (Lipinski definition) is 0. The lowest BCUT2D eigenvalue weighted by molar-refractivity contribution is 0.0665.